The van der Waals surface area contributed by atoms with Crippen molar-refractivity contribution in [1.29, 1.82) is 0 Å². The van der Waals surface area contributed by atoms with Gasteiger partial charge < -0.3 is 10.4 Å². The maximum Gasteiger partial charge on any atom is 0.255 e. The number of aryl methyl sites for hydroxylation is 2. The Morgan fingerprint density at radius 3 is 2.24 bits per heavy atom. The molecule has 0 spiro atoms. The fourth-order valence-corrected chi connectivity index (χ4v) is 4.46. The second-order valence-electron chi connectivity index (χ2n) is 7.53. The molecule has 0 radical (unpaired) electrons. The Morgan fingerprint density at radius 1 is 0.970 bits per heavy atom. The highest BCUT2D eigenvalue weighted by atomic mass is 32.2. The fraction of sp³-hybridized carbons (Fsp3) is 0.125. The summed E-state index contributed by atoms with van der Waals surface area (Å²) in [6, 6.07) is 14.5. The molecule has 0 aliphatic rings. The van der Waals surface area contributed by atoms with Crippen LogP contribution in [-0.4, -0.2) is 24.6 Å². The zero-order valence-corrected chi connectivity index (χ0v) is 19.0. The second-order valence-corrected chi connectivity index (χ2v) is 9.62. The topological polar surface area (TPSA) is 116 Å². The number of sulfone groups is 1. The average molecular weight is 471 g/mol. The van der Waals surface area contributed by atoms with E-state index in [1.807, 2.05) is 13.0 Å². The van der Waals surface area contributed by atoms with Gasteiger partial charge in [0.15, 0.2) is 0 Å². The number of carbonyl (C=O) groups excluding carboxylic acids is 1. The molecular formula is C24H23FN2O5S. The first kappa shape index (κ1) is 24.0. The monoisotopic (exact) mass is 470 g/mol. The Balaban J connectivity index is 2.00. The summed E-state index contributed by atoms with van der Waals surface area (Å²) >= 11 is 0. The van der Waals surface area contributed by atoms with Crippen LogP contribution in [0.25, 0.3) is 5.70 Å². The van der Waals surface area contributed by atoms with Gasteiger partial charge in [-0.15, -0.1) is 0 Å². The van der Waals surface area contributed by atoms with Crippen LogP contribution in [0.5, 0.6) is 5.75 Å². The number of carbonyl (C=O) groups is 1. The highest BCUT2D eigenvalue weighted by Gasteiger charge is 2.24. The Kier molecular flexibility index (Phi) is 6.85. The van der Waals surface area contributed by atoms with E-state index in [0.29, 0.717) is 5.56 Å². The number of halogens is 1. The summed E-state index contributed by atoms with van der Waals surface area (Å²) in [6.07, 6.45) is 0. The lowest BCUT2D eigenvalue weighted by atomic mass is 10.1. The van der Waals surface area contributed by atoms with E-state index < -0.39 is 38.6 Å². The first-order chi connectivity index (χ1) is 15.5. The smallest absolute Gasteiger partial charge is 0.255 e. The molecule has 0 atom stereocenters. The summed E-state index contributed by atoms with van der Waals surface area (Å²) in [7, 11) is -4.07. The molecular weight excluding hydrogens is 447 g/mol. The number of nitrogens with one attached hydrogen (secondary N) is 2. The molecule has 4 N–H and O–H groups in total. The minimum absolute atomic E-state index is 0.0370. The van der Waals surface area contributed by atoms with Gasteiger partial charge in [0, 0.05) is 17.2 Å². The lowest BCUT2D eigenvalue weighted by molar-refractivity contribution is 0.102. The number of hydrogen-bond donors (Lipinski definition) is 4. The third kappa shape index (κ3) is 5.05. The fourth-order valence-electron chi connectivity index (χ4n) is 3.19. The normalized spacial score (nSPS) is 12.2. The number of rotatable bonds is 6. The zero-order valence-electron chi connectivity index (χ0n) is 18.2. The van der Waals surface area contributed by atoms with Crippen molar-refractivity contribution in [3.63, 3.8) is 0 Å². The molecule has 0 unspecified atom stereocenters. The minimum Gasteiger partial charge on any atom is -0.506 e. The number of hydrogen-bond acceptors (Lipinski definition) is 6. The van der Waals surface area contributed by atoms with E-state index in [9.17, 15) is 27.9 Å². The van der Waals surface area contributed by atoms with Crippen LogP contribution in [-0.2, 0) is 9.84 Å². The standard InChI is InChI=1S/C24H23FN2O5S/c1-14-7-9-18(10-8-14)33(31,32)16(3)23(27-30)19-12-22(28)21(13-20(19)25)26-24(29)17-6-4-5-15(2)11-17/h4-13,27-28,30H,1-3H3,(H,26,29). The largest absolute Gasteiger partial charge is 0.506 e. The number of phenolic OH excluding ortho intramolecular Hbond substituents is 1. The van der Waals surface area contributed by atoms with Crippen LogP contribution in [0.15, 0.2) is 70.5 Å². The van der Waals surface area contributed by atoms with Crippen molar-refractivity contribution in [3.8, 4) is 5.75 Å². The van der Waals surface area contributed by atoms with Crippen LogP contribution in [0.1, 0.15) is 34.0 Å². The average Bonchev–Trinajstić information content (AvgIpc) is 2.77. The van der Waals surface area contributed by atoms with E-state index in [0.717, 1.165) is 23.3 Å². The van der Waals surface area contributed by atoms with Crippen LogP contribution < -0.4 is 10.8 Å². The summed E-state index contributed by atoms with van der Waals surface area (Å²) in [5.74, 6) is -2.04. The number of phenols is 1. The van der Waals surface area contributed by atoms with Crippen LogP contribution >= 0.6 is 0 Å². The molecule has 0 bridgehead atoms. The van der Waals surface area contributed by atoms with Crippen molar-refractivity contribution >= 4 is 27.1 Å². The van der Waals surface area contributed by atoms with Crippen molar-refractivity contribution < 1.29 is 27.9 Å². The molecule has 1 amide bonds. The first-order valence-electron chi connectivity index (χ1n) is 9.88. The van der Waals surface area contributed by atoms with E-state index in [-0.39, 0.29) is 15.5 Å². The SMILES string of the molecule is CC(=C(NO)c1cc(O)c(NC(=O)c2cccc(C)c2)cc1F)S(=O)(=O)c1ccc(C)cc1. The van der Waals surface area contributed by atoms with Gasteiger partial charge in [0.25, 0.3) is 5.91 Å². The molecule has 9 heteroatoms. The number of benzene rings is 3. The van der Waals surface area contributed by atoms with Crippen molar-refractivity contribution in [1.82, 2.24) is 5.48 Å². The van der Waals surface area contributed by atoms with Gasteiger partial charge in [-0.05, 0) is 51.1 Å². The van der Waals surface area contributed by atoms with Crippen LogP contribution in [0.3, 0.4) is 0 Å². The molecule has 33 heavy (non-hydrogen) atoms. The lowest BCUT2D eigenvalue weighted by Gasteiger charge is -2.15. The van der Waals surface area contributed by atoms with Gasteiger partial charge in [0.2, 0.25) is 9.84 Å². The number of aromatic hydroxyl groups is 1. The Bertz CT molecular complexity index is 1350. The van der Waals surface area contributed by atoms with E-state index in [1.165, 1.54) is 19.1 Å². The molecule has 0 aliphatic heterocycles. The minimum atomic E-state index is -4.07. The molecule has 0 heterocycles. The molecule has 0 aromatic heterocycles. The van der Waals surface area contributed by atoms with Crippen molar-refractivity contribution in [2.45, 2.75) is 25.7 Å². The van der Waals surface area contributed by atoms with Crippen LogP contribution in [0, 0.1) is 19.7 Å². The van der Waals surface area contributed by atoms with E-state index >= 15 is 0 Å². The summed E-state index contributed by atoms with van der Waals surface area (Å²) < 4.78 is 40.9. The third-order valence-corrected chi connectivity index (χ3v) is 6.98. The highest BCUT2D eigenvalue weighted by molar-refractivity contribution is 7.95. The summed E-state index contributed by atoms with van der Waals surface area (Å²) in [5, 5.41) is 22.4. The van der Waals surface area contributed by atoms with E-state index in [2.05, 4.69) is 5.32 Å². The predicted octanol–water partition coefficient (Wildman–Crippen LogP) is 4.54. The Hall–Kier alpha value is -3.69. The number of allylic oxidation sites excluding steroid dienone is 1. The van der Waals surface area contributed by atoms with E-state index in [1.54, 1.807) is 42.7 Å². The highest BCUT2D eigenvalue weighted by Crippen LogP contribution is 2.33. The molecule has 0 fully saturated rings. The van der Waals surface area contributed by atoms with Gasteiger partial charge >= 0.3 is 0 Å². The molecule has 0 saturated heterocycles. The number of anilines is 1. The van der Waals surface area contributed by atoms with Gasteiger partial charge in [-0.2, -0.15) is 0 Å². The maximum absolute atomic E-state index is 14.9. The Morgan fingerprint density at radius 2 is 1.64 bits per heavy atom. The molecule has 3 aromatic rings. The van der Waals surface area contributed by atoms with Crippen molar-refractivity contribution in [3.05, 3.63) is 93.6 Å². The number of hydroxylamine groups is 1. The van der Waals surface area contributed by atoms with Gasteiger partial charge in [-0.1, -0.05) is 35.4 Å². The van der Waals surface area contributed by atoms with Gasteiger partial charge in [-0.3, -0.25) is 15.5 Å². The predicted molar refractivity (Wildman–Crippen MR) is 123 cm³/mol. The van der Waals surface area contributed by atoms with E-state index in [4.69, 9.17) is 0 Å². The quantitative estimate of drug-likeness (QED) is 0.311. The maximum atomic E-state index is 14.9. The molecule has 7 nitrogen and oxygen atoms in total. The van der Waals surface area contributed by atoms with Crippen molar-refractivity contribution in [2.75, 3.05) is 5.32 Å². The zero-order chi connectivity index (χ0) is 24.3. The second kappa shape index (κ2) is 9.43. The summed E-state index contributed by atoms with van der Waals surface area (Å²) in [4.78, 5) is 12.0. The van der Waals surface area contributed by atoms with Gasteiger partial charge in [-0.25, -0.2) is 12.8 Å². The summed E-state index contributed by atoms with van der Waals surface area (Å²) in [6.45, 7) is 4.82. The molecule has 172 valence electrons. The molecule has 0 saturated carbocycles. The Labute approximate surface area is 191 Å². The van der Waals surface area contributed by atoms with Gasteiger partial charge in [0.1, 0.15) is 11.6 Å². The molecule has 3 aromatic carbocycles. The van der Waals surface area contributed by atoms with Crippen molar-refractivity contribution in [2.24, 2.45) is 0 Å². The lowest BCUT2D eigenvalue weighted by Crippen LogP contribution is -2.16. The van der Waals surface area contributed by atoms with Crippen LogP contribution in [0.4, 0.5) is 10.1 Å². The van der Waals surface area contributed by atoms with Gasteiger partial charge in [0.05, 0.1) is 21.2 Å². The van der Waals surface area contributed by atoms with Crippen LogP contribution in [0.2, 0.25) is 0 Å². The summed E-state index contributed by atoms with van der Waals surface area (Å²) in [5.41, 5.74) is 2.70. The first-order valence-corrected chi connectivity index (χ1v) is 11.4. The number of amides is 1. The third-order valence-electron chi connectivity index (χ3n) is 5.08. The molecule has 3 rings (SSSR count). The molecule has 0 aliphatic carbocycles.